The highest BCUT2D eigenvalue weighted by atomic mass is 79.9. The highest BCUT2D eigenvalue weighted by molar-refractivity contribution is 9.10. The predicted octanol–water partition coefficient (Wildman–Crippen LogP) is 3.11. The minimum absolute atomic E-state index is 0.149. The predicted molar refractivity (Wildman–Crippen MR) is 120 cm³/mol. The number of nitrogens with zero attached hydrogens (tertiary/aromatic N) is 3. The van der Waals surface area contributed by atoms with Crippen LogP contribution in [0.25, 0.3) is 0 Å². The van der Waals surface area contributed by atoms with Crippen molar-refractivity contribution >= 4 is 43.6 Å². The first-order valence-electron chi connectivity index (χ1n) is 9.92. The lowest BCUT2D eigenvalue weighted by Crippen LogP contribution is -2.47. The highest BCUT2D eigenvalue weighted by Gasteiger charge is 2.33. The van der Waals surface area contributed by atoms with E-state index in [2.05, 4.69) is 36.4 Å². The fourth-order valence-electron chi connectivity index (χ4n) is 3.44. The number of hydrogen-bond donors (Lipinski definition) is 2. The Hall–Kier alpha value is -1.43. The monoisotopic (exact) mass is 515 g/mol. The first-order valence-corrected chi connectivity index (χ1v) is 13.1. The average Bonchev–Trinajstić information content (AvgIpc) is 3.15. The van der Waals surface area contributed by atoms with Gasteiger partial charge in [-0.2, -0.15) is 4.31 Å². The molecule has 164 valence electrons. The molecule has 1 aromatic carbocycles. The Kier molecular flexibility index (Phi) is 8.32. The van der Waals surface area contributed by atoms with E-state index < -0.39 is 10.0 Å². The van der Waals surface area contributed by atoms with Crippen molar-refractivity contribution in [1.29, 1.82) is 0 Å². The second-order valence-electron chi connectivity index (χ2n) is 7.20. The lowest BCUT2D eigenvalue weighted by molar-refractivity contribution is -0.121. The Balaban J connectivity index is 1.63. The Morgan fingerprint density at radius 1 is 1.27 bits per heavy atom. The maximum Gasteiger partial charge on any atom is 0.243 e. The molecule has 2 aromatic rings. The number of carbonyl (C=O) groups excluding carboxylic acids is 1. The molecule has 0 bridgehead atoms. The van der Waals surface area contributed by atoms with Crippen molar-refractivity contribution in [2.24, 2.45) is 0 Å². The Morgan fingerprint density at radius 2 is 1.97 bits per heavy atom. The molecule has 3 rings (SSSR count). The van der Waals surface area contributed by atoms with Gasteiger partial charge in [0.05, 0.1) is 11.4 Å². The van der Waals surface area contributed by atoms with Crippen LogP contribution in [-0.4, -0.2) is 58.7 Å². The number of H-pyrrole nitrogens is 1. The summed E-state index contributed by atoms with van der Waals surface area (Å²) in [7, 11) is -3.76. The normalized spacial score (nSPS) is 15.4. The third-order valence-corrected chi connectivity index (χ3v) is 8.22. The highest BCUT2D eigenvalue weighted by Crippen LogP contribution is 2.28. The van der Waals surface area contributed by atoms with Gasteiger partial charge in [-0.15, -0.1) is 5.10 Å². The van der Waals surface area contributed by atoms with Gasteiger partial charge in [0.15, 0.2) is 0 Å². The van der Waals surface area contributed by atoms with E-state index in [0.29, 0.717) is 17.5 Å². The summed E-state index contributed by atoms with van der Waals surface area (Å²) in [4.78, 5) is 17.0. The summed E-state index contributed by atoms with van der Waals surface area (Å²) in [5.74, 6) is 1.04. The molecule has 1 fully saturated rings. The van der Waals surface area contributed by atoms with E-state index in [1.165, 1.54) is 16.1 Å². The van der Waals surface area contributed by atoms with Crippen LogP contribution in [0.1, 0.15) is 37.9 Å². The van der Waals surface area contributed by atoms with Gasteiger partial charge in [0.2, 0.25) is 21.1 Å². The van der Waals surface area contributed by atoms with Crippen LogP contribution >= 0.6 is 27.7 Å². The van der Waals surface area contributed by atoms with E-state index in [4.69, 9.17) is 0 Å². The van der Waals surface area contributed by atoms with Crippen LogP contribution in [0.2, 0.25) is 0 Å². The summed E-state index contributed by atoms with van der Waals surface area (Å²) in [6.45, 7) is 2.06. The number of aryl methyl sites for hydroxylation is 1. The summed E-state index contributed by atoms with van der Waals surface area (Å²) < 4.78 is 28.8. The van der Waals surface area contributed by atoms with E-state index in [9.17, 15) is 13.2 Å². The third kappa shape index (κ3) is 6.29. The minimum Gasteiger partial charge on any atom is -0.354 e. The molecular formula is C19H26BrN5O3S2. The standard InChI is InChI=1S/C19H26BrN5O3S2/c1-14-22-19(24-23-14)29-12-11-21-18(26)13-25(16-5-3-2-4-6-16)30(27,28)17-9-7-15(20)8-10-17/h7-10,16H,2-6,11-13H2,1H3,(H,21,26)(H,22,23,24). The zero-order chi connectivity index (χ0) is 21.6. The van der Waals surface area contributed by atoms with E-state index in [1.54, 1.807) is 24.3 Å². The number of sulfonamides is 1. The maximum absolute atomic E-state index is 13.3. The van der Waals surface area contributed by atoms with Gasteiger partial charge < -0.3 is 5.32 Å². The maximum atomic E-state index is 13.3. The Labute approximate surface area is 189 Å². The summed E-state index contributed by atoms with van der Waals surface area (Å²) in [5.41, 5.74) is 0. The molecule has 1 amide bonds. The van der Waals surface area contributed by atoms with Crippen LogP contribution in [0.15, 0.2) is 38.8 Å². The van der Waals surface area contributed by atoms with Gasteiger partial charge in [-0.3, -0.25) is 9.89 Å². The van der Waals surface area contributed by atoms with Gasteiger partial charge in [0.1, 0.15) is 5.82 Å². The van der Waals surface area contributed by atoms with Crippen LogP contribution < -0.4 is 5.32 Å². The summed E-state index contributed by atoms with van der Waals surface area (Å²) in [6, 6.07) is 6.40. The van der Waals surface area contributed by atoms with Crippen LogP contribution in [0.4, 0.5) is 0 Å². The molecule has 30 heavy (non-hydrogen) atoms. The fraction of sp³-hybridized carbons (Fsp3) is 0.526. The second-order valence-corrected chi connectivity index (χ2v) is 11.1. The summed E-state index contributed by atoms with van der Waals surface area (Å²) >= 11 is 4.76. The molecule has 11 heteroatoms. The lowest BCUT2D eigenvalue weighted by Gasteiger charge is -2.33. The molecule has 8 nitrogen and oxygen atoms in total. The molecule has 1 aliphatic carbocycles. The number of aromatic amines is 1. The van der Waals surface area contributed by atoms with E-state index >= 15 is 0 Å². The molecule has 1 aliphatic rings. The van der Waals surface area contributed by atoms with E-state index in [0.717, 1.165) is 42.4 Å². The number of thioether (sulfide) groups is 1. The number of carbonyl (C=O) groups is 1. The SMILES string of the molecule is Cc1nc(SCCNC(=O)CN(C2CCCCC2)S(=O)(=O)c2ccc(Br)cc2)n[nH]1. The van der Waals surface area contributed by atoms with Crippen molar-refractivity contribution < 1.29 is 13.2 Å². The van der Waals surface area contributed by atoms with Crippen molar-refractivity contribution in [2.75, 3.05) is 18.8 Å². The molecular weight excluding hydrogens is 490 g/mol. The zero-order valence-corrected chi connectivity index (χ0v) is 20.0. The molecule has 1 aromatic heterocycles. The zero-order valence-electron chi connectivity index (χ0n) is 16.8. The molecule has 0 aliphatic heterocycles. The number of aromatic nitrogens is 3. The van der Waals surface area contributed by atoms with Gasteiger partial charge in [0.25, 0.3) is 0 Å². The molecule has 0 unspecified atom stereocenters. The van der Waals surface area contributed by atoms with E-state index in [-0.39, 0.29) is 23.4 Å². The van der Waals surface area contributed by atoms with Gasteiger partial charge in [0, 0.05) is 22.8 Å². The van der Waals surface area contributed by atoms with Crippen molar-refractivity contribution in [2.45, 2.75) is 55.1 Å². The van der Waals surface area contributed by atoms with Gasteiger partial charge in [-0.25, -0.2) is 13.4 Å². The van der Waals surface area contributed by atoms with Crippen molar-refractivity contribution in [3.63, 3.8) is 0 Å². The topological polar surface area (TPSA) is 108 Å². The number of halogens is 1. The van der Waals surface area contributed by atoms with Crippen molar-refractivity contribution in [3.8, 4) is 0 Å². The Morgan fingerprint density at radius 3 is 2.60 bits per heavy atom. The molecule has 0 atom stereocenters. The fourth-order valence-corrected chi connectivity index (χ4v) is 6.04. The number of nitrogens with one attached hydrogen (secondary N) is 2. The minimum atomic E-state index is -3.76. The van der Waals surface area contributed by atoms with Crippen LogP contribution in [0.3, 0.4) is 0 Å². The number of hydrogen-bond acceptors (Lipinski definition) is 6. The molecule has 1 heterocycles. The second kappa shape index (κ2) is 10.7. The van der Waals surface area contributed by atoms with E-state index in [1.807, 2.05) is 6.92 Å². The quantitative estimate of drug-likeness (QED) is 0.392. The van der Waals surface area contributed by atoms with Gasteiger partial charge in [-0.05, 0) is 44.0 Å². The molecule has 0 saturated heterocycles. The first kappa shape index (κ1) is 23.2. The van der Waals surface area contributed by atoms with Crippen LogP contribution in [0, 0.1) is 6.92 Å². The number of benzene rings is 1. The lowest BCUT2D eigenvalue weighted by atomic mass is 9.95. The molecule has 2 N–H and O–H groups in total. The summed E-state index contributed by atoms with van der Waals surface area (Å²) in [5, 5.41) is 10.3. The van der Waals surface area contributed by atoms with Crippen molar-refractivity contribution in [1.82, 2.24) is 24.8 Å². The first-order chi connectivity index (χ1) is 14.4. The molecule has 0 radical (unpaired) electrons. The smallest absolute Gasteiger partial charge is 0.243 e. The van der Waals surface area contributed by atoms with Crippen molar-refractivity contribution in [3.05, 3.63) is 34.6 Å². The molecule has 0 spiro atoms. The number of rotatable bonds is 9. The van der Waals surface area contributed by atoms with Crippen LogP contribution in [-0.2, 0) is 14.8 Å². The average molecular weight is 516 g/mol. The molecule has 1 saturated carbocycles. The van der Waals surface area contributed by atoms with Crippen LogP contribution in [0.5, 0.6) is 0 Å². The largest absolute Gasteiger partial charge is 0.354 e. The van der Waals surface area contributed by atoms with Gasteiger partial charge in [-0.1, -0.05) is 47.0 Å². The van der Waals surface area contributed by atoms with Gasteiger partial charge >= 0.3 is 0 Å². The summed E-state index contributed by atoms with van der Waals surface area (Å²) in [6.07, 6.45) is 4.62. The third-order valence-electron chi connectivity index (χ3n) is 4.93. The number of amides is 1. The Bertz CT molecular complexity index is 943.